The van der Waals surface area contributed by atoms with Crippen LogP contribution in [0.2, 0.25) is 0 Å². The van der Waals surface area contributed by atoms with Crippen LogP contribution in [0.3, 0.4) is 0 Å². The number of hydrogen-bond acceptors (Lipinski definition) is 6. The lowest BCUT2D eigenvalue weighted by atomic mass is 9.95. The SMILES string of the molecule is CC(=O)OC(=O)C(O)(C(C)=O)C(C)=O. The number of ether oxygens (including phenoxy) is 1. The molecule has 0 bridgehead atoms. The highest BCUT2D eigenvalue weighted by Gasteiger charge is 2.48. The van der Waals surface area contributed by atoms with E-state index in [9.17, 15) is 24.3 Å². The lowest BCUT2D eigenvalue weighted by Gasteiger charge is -2.18. The quantitative estimate of drug-likeness (QED) is 0.465. The van der Waals surface area contributed by atoms with E-state index >= 15 is 0 Å². The highest BCUT2D eigenvalue weighted by molar-refractivity contribution is 6.25. The largest absolute Gasteiger partial charge is 0.390 e. The maximum Gasteiger partial charge on any atom is 0.361 e. The van der Waals surface area contributed by atoms with E-state index in [4.69, 9.17) is 0 Å². The highest BCUT2D eigenvalue weighted by atomic mass is 16.6. The molecule has 0 saturated carbocycles. The summed E-state index contributed by atoms with van der Waals surface area (Å²) in [5, 5.41) is 9.36. The van der Waals surface area contributed by atoms with Crippen LogP contribution in [0.5, 0.6) is 0 Å². The van der Waals surface area contributed by atoms with Crippen molar-refractivity contribution in [2.45, 2.75) is 26.4 Å². The van der Waals surface area contributed by atoms with Crippen molar-refractivity contribution in [2.24, 2.45) is 0 Å². The molecule has 0 aliphatic rings. The van der Waals surface area contributed by atoms with Gasteiger partial charge in [-0.3, -0.25) is 14.4 Å². The van der Waals surface area contributed by atoms with Crippen LogP contribution >= 0.6 is 0 Å². The highest BCUT2D eigenvalue weighted by Crippen LogP contribution is 2.10. The fourth-order valence-electron chi connectivity index (χ4n) is 0.740. The summed E-state index contributed by atoms with van der Waals surface area (Å²) in [7, 11) is 0. The van der Waals surface area contributed by atoms with Crippen molar-refractivity contribution < 1.29 is 29.0 Å². The second kappa shape index (κ2) is 4.10. The van der Waals surface area contributed by atoms with Crippen LogP contribution in [0.1, 0.15) is 20.8 Å². The average molecular weight is 202 g/mol. The molecule has 0 heterocycles. The summed E-state index contributed by atoms with van der Waals surface area (Å²) in [5.41, 5.74) is -2.87. The number of Topliss-reactive ketones (excluding diaryl/α,β-unsaturated/α-hetero) is 2. The summed E-state index contributed by atoms with van der Waals surface area (Å²) in [4.78, 5) is 43.1. The average Bonchev–Trinajstić information content (AvgIpc) is 2.00. The van der Waals surface area contributed by atoms with Crippen molar-refractivity contribution in [1.29, 1.82) is 0 Å². The van der Waals surface area contributed by atoms with Crippen LogP contribution in [0.15, 0.2) is 0 Å². The van der Waals surface area contributed by atoms with Crippen molar-refractivity contribution in [2.75, 3.05) is 0 Å². The Balaban J connectivity index is 5.03. The Hall–Kier alpha value is -1.56. The first-order chi connectivity index (χ1) is 6.22. The van der Waals surface area contributed by atoms with Gasteiger partial charge in [-0.2, -0.15) is 0 Å². The summed E-state index contributed by atoms with van der Waals surface area (Å²) in [5.74, 6) is -4.74. The lowest BCUT2D eigenvalue weighted by molar-refractivity contribution is -0.176. The molecule has 0 atom stereocenters. The fraction of sp³-hybridized carbons (Fsp3) is 0.500. The Labute approximate surface area is 79.8 Å². The summed E-state index contributed by atoms with van der Waals surface area (Å²) in [6.45, 7) is 2.62. The predicted molar refractivity (Wildman–Crippen MR) is 43.1 cm³/mol. The maximum atomic E-state index is 11.0. The Kier molecular flexibility index (Phi) is 3.64. The number of carbonyl (C=O) groups is 4. The zero-order valence-electron chi connectivity index (χ0n) is 7.99. The normalized spacial score (nSPS) is 10.6. The second-order valence-corrected chi connectivity index (χ2v) is 2.70. The molecule has 0 rings (SSSR count). The summed E-state index contributed by atoms with van der Waals surface area (Å²) in [6, 6.07) is 0. The van der Waals surface area contributed by atoms with Crippen molar-refractivity contribution in [3.8, 4) is 0 Å². The number of hydrogen-bond donors (Lipinski definition) is 1. The van der Waals surface area contributed by atoms with Gasteiger partial charge in [-0.1, -0.05) is 0 Å². The third kappa shape index (κ3) is 2.23. The van der Waals surface area contributed by atoms with Gasteiger partial charge in [0.2, 0.25) is 0 Å². The first kappa shape index (κ1) is 12.4. The van der Waals surface area contributed by atoms with E-state index in [0.29, 0.717) is 0 Å². The predicted octanol–water partition coefficient (Wildman–Crippen LogP) is -1.01. The minimum absolute atomic E-state index is 0.850. The summed E-state index contributed by atoms with van der Waals surface area (Å²) < 4.78 is 3.97. The Bertz CT molecular complexity index is 289. The Morgan fingerprint density at radius 1 is 1.00 bits per heavy atom. The van der Waals surface area contributed by atoms with E-state index in [1.807, 2.05) is 0 Å². The first-order valence-corrected chi connectivity index (χ1v) is 3.70. The van der Waals surface area contributed by atoms with Gasteiger partial charge in [-0.05, 0) is 13.8 Å². The first-order valence-electron chi connectivity index (χ1n) is 3.70. The van der Waals surface area contributed by atoms with E-state index in [2.05, 4.69) is 4.74 Å². The molecule has 0 fully saturated rings. The van der Waals surface area contributed by atoms with Crippen LogP contribution in [-0.2, 0) is 23.9 Å². The topological polar surface area (TPSA) is 97.7 Å². The number of carbonyl (C=O) groups excluding carboxylic acids is 4. The van der Waals surface area contributed by atoms with Gasteiger partial charge in [-0.25, -0.2) is 4.79 Å². The monoisotopic (exact) mass is 202 g/mol. The minimum atomic E-state index is -2.87. The zero-order chi connectivity index (χ0) is 11.5. The molecule has 0 aliphatic carbocycles. The van der Waals surface area contributed by atoms with E-state index in [0.717, 1.165) is 20.8 Å². The Morgan fingerprint density at radius 2 is 1.36 bits per heavy atom. The molecular formula is C8H10O6. The number of rotatable bonds is 3. The number of esters is 2. The van der Waals surface area contributed by atoms with Crippen LogP contribution < -0.4 is 0 Å². The molecule has 0 aromatic rings. The van der Waals surface area contributed by atoms with Crippen molar-refractivity contribution in [3.05, 3.63) is 0 Å². The van der Waals surface area contributed by atoms with Gasteiger partial charge in [0, 0.05) is 6.92 Å². The Morgan fingerprint density at radius 3 is 1.57 bits per heavy atom. The molecule has 0 aliphatic heterocycles. The molecule has 1 N–H and O–H groups in total. The smallest absolute Gasteiger partial charge is 0.361 e. The second-order valence-electron chi connectivity index (χ2n) is 2.70. The minimum Gasteiger partial charge on any atom is -0.390 e. The van der Waals surface area contributed by atoms with Crippen LogP contribution in [0.4, 0.5) is 0 Å². The number of ketones is 2. The molecule has 0 unspecified atom stereocenters. The van der Waals surface area contributed by atoms with Crippen LogP contribution in [0.25, 0.3) is 0 Å². The van der Waals surface area contributed by atoms with E-state index in [-0.39, 0.29) is 0 Å². The molecule has 0 radical (unpaired) electrons. The summed E-state index contributed by atoms with van der Waals surface area (Å²) >= 11 is 0. The van der Waals surface area contributed by atoms with Crippen LogP contribution in [-0.4, -0.2) is 34.2 Å². The van der Waals surface area contributed by atoms with E-state index in [1.54, 1.807) is 0 Å². The van der Waals surface area contributed by atoms with Gasteiger partial charge in [0.25, 0.3) is 5.60 Å². The molecule has 6 heteroatoms. The molecule has 0 aromatic carbocycles. The van der Waals surface area contributed by atoms with Gasteiger partial charge in [-0.15, -0.1) is 0 Å². The molecule has 78 valence electrons. The van der Waals surface area contributed by atoms with Crippen molar-refractivity contribution >= 4 is 23.5 Å². The molecule has 0 saturated heterocycles. The van der Waals surface area contributed by atoms with Crippen molar-refractivity contribution in [3.63, 3.8) is 0 Å². The van der Waals surface area contributed by atoms with Crippen molar-refractivity contribution in [1.82, 2.24) is 0 Å². The maximum absolute atomic E-state index is 11.0. The zero-order valence-corrected chi connectivity index (χ0v) is 7.99. The van der Waals surface area contributed by atoms with Gasteiger partial charge >= 0.3 is 11.9 Å². The van der Waals surface area contributed by atoms with Gasteiger partial charge in [0.15, 0.2) is 11.6 Å². The fourth-order valence-corrected chi connectivity index (χ4v) is 0.740. The van der Waals surface area contributed by atoms with Gasteiger partial charge < -0.3 is 9.84 Å². The standard InChI is InChI=1S/C8H10O6/c1-4(9)8(13,5(2)10)7(12)14-6(3)11/h13H,1-3H3. The molecular weight excluding hydrogens is 192 g/mol. The van der Waals surface area contributed by atoms with Gasteiger partial charge in [0.05, 0.1) is 0 Å². The third-order valence-electron chi connectivity index (χ3n) is 1.55. The molecule has 14 heavy (non-hydrogen) atoms. The van der Waals surface area contributed by atoms with E-state index < -0.39 is 29.1 Å². The lowest BCUT2D eigenvalue weighted by Crippen LogP contribution is -2.52. The molecule has 6 nitrogen and oxygen atoms in total. The molecule has 0 aromatic heterocycles. The van der Waals surface area contributed by atoms with E-state index in [1.165, 1.54) is 0 Å². The van der Waals surface area contributed by atoms with Crippen LogP contribution in [0, 0.1) is 0 Å². The molecule has 0 amide bonds. The third-order valence-corrected chi connectivity index (χ3v) is 1.55. The summed E-state index contributed by atoms with van der Waals surface area (Å²) in [6.07, 6.45) is 0. The van der Waals surface area contributed by atoms with Gasteiger partial charge in [0.1, 0.15) is 0 Å². The number of aliphatic hydroxyl groups is 1. The molecule has 0 spiro atoms.